The third kappa shape index (κ3) is 5.09. The van der Waals surface area contributed by atoms with Crippen molar-refractivity contribution in [3.05, 3.63) is 28.2 Å². The summed E-state index contributed by atoms with van der Waals surface area (Å²) >= 11 is 3.49. The lowest BCUT2D eigenvalue weighted by Crippen LogP contribution is -2.39. The standard InChI is InChI=1S/C16H24BrN3O/c1-12-2-3-15(14(17)10-12)19-16(21)11-20-8-5-13(4-7-18)6-9-20/h2-3,10,13H,4-9,11,18H2,1H3,(H,19,21). The van der Waals surface area contributed by atoms with E-state index >= 15 is 0 Å². The van der Waals surface area contributed by atoms with Gasteiger partial charge in [0, 0.05) is 4.47 Å². The van der Waals surface area contributed by atoms with Gasteiger partial charge < -0.3 is 11.1 Å². The number of benzene rings is 1. The SMILES string of the molecule is Cc1ccc(NC(=O)CN2CCC(CCN)CC2)c(Br)c1. The summed E-state index contributed by atoms with van der Waals surface area (Å²) in [5.74, 6) is 0.789. The Labute approximate surface area is 135 Å². The van der Waals surface area contributed by atoms with E-state index in [2.05, 4.69) is 26.1 Å². The van der Waals surface area contributed by atoms with E-state index in [-0.39, 0.29) is 5.91 Å². The van der Waals surface area contributed by atoms with Crippen LogP contribution >= 0.6 is 15.9 Å². The Kier molecular flexibility index (Phi) is 6.21. The molecular formula is C16H24BrN3O. The van der Waals surface area contributed by atoms with Crippen LogP contribution < -0.4 is 11.1 Å². The molecule has 1 aromatic rings. The fourth-order valence-electron chi connectivity index (χ4n) is 2.78. The van der Waals surface area contributed by atoms with E-state index in [1.165, 1.54) is 5.56 Å². The van der Waals surface area contributed by atoms with E-state index in [4.69, 9.17) is 5.73 Å². The zero-order chi connectivity index (χ0) is 15.2. The summed E-state index contributed by atoms with van der Waals surface area (Å²) in [7, 11) is 0. The largest absolute Gasteiger partial charge is 0.330 e. The van der Waals surface area contributed by atoms with Crippen molar-refractivity contribution in [1.29, 1.82) is 0 Å². The van der Waals surface area contributed by atoms with Gasteiger partial charge in [-0.2, -0.15) is 0 Å². The van der Waals surface area contributed by atoms with Crippen LogP contribution in [0.2, 0.25) is 0 Å². The molecule has 0 bridgehead atoms. The van der Waals surface area contributed by atoms with Crippen molar-refractivity contribution in [1.82, 2.24) is 4.90 Å². The summed E-state index contributed by atoms with van der Waals surface area (Å²) in [6.07, 6.45) is 3.41. The van der Waals surface area contributed by atoms with Gasteiger partial charge in [-0.15, -0.1) is 0 Å². The van der Waals surface area contributed by atoms with Gasteiger partial charge in [0.05, 0.1) is 12.2 Å². The van der Waals surface area contributed by atoms with Crippen LogP contribution in [0.4, 0.5) is 5.69 Å². The molecule has 0 spiro atoms. The van der Waals surface area contributed by atoms with Crippen molar-refractivity contribution in [2.45, 2.75) is 26.2 Å². The van der Waals surface area contributed by atoms with Gasteiger partial charge in [-0.1, -0.05) is 6.07 Å². The van der Waals surface area contributed by atoms with E-state index < -0.39 is 0 Å². The molecule has 0 unspecified atom stereocenters. The normalized spacial score (nSPS) is 16.9. The minimum atomic E-state index is 0.0526. The molecule has 3 N–H and O–H groups in total. The maximum absolute atomic E-state index is 12.1. The highest BCUT2D eigenvalue weighted by atomic mass is 79.9. The van der Waals surface area contributed by atoms with Crippen LogP contribution in [0.3, 0.4) is 0 Å². The number of aryl methyl sites for hydroxylation is 1. The minimum absolute atomic E-state index is 0.0526. The minimum Gasteiger partial charge on any atom is -0.330 e. The van der Waals surface area contributed by atoms with Crippen molar-refractivity contribution >= 4 is 27.5 Å². The number of amides is 1. The molecule has 1 aliphatic rings. The van der Waals surface area contributed by atoms with E-state index in [0.29, 0.717) is 6.54 Å². The molecule has 1 fully saturated rings. The first kappa shape index (κ1) is 16.5. The van der Waals surface area contributed by atoms with Crippen molar-refractivity contribution in [3.63, 3.8) is 0 Å². The van der Waals surface area contributed by atoms with Crippen molar-refractivity contribution < 1.29 is 4.79 Å². The molecule has 5 heteroatoms. The number of hydrogen-bond acceptors (Lipinski definition) is 3. The van der Waals surface area contributed by atoms with Gasteiger partial charge in [-0.25, -0.2) is 0 Å². The number of halogens is 1. The molecule has 116 valence electrons. The molecular weight excluding hydrogens is 330 g/mol. The van der Waals surface area contributed by atoms with Crippen LogP contribution in [0.15, 0.2) is 22.7 Å². The van der Waals surface area contributed by atoms with Crippen molar-refractivity contribution in [2.24, 2.45) is 11.7 Å². The fourth-order valence-corrected chi connectivity index (χ4v) is 3.38. The third-order valence-electron chi connectivity index (χ3n) is 4.05. The lowest BCUT2D eigenvalue weighted by Gasteiger charge is -2.31. The van der Waals surface area contributed by atoms with Gasteiger partial charge >= 0.3 is 0 Å². The average molecular weight is 354 g/mol. The summed E-state index contributed by atoms with van der Waals surface area (Å²) < 4.78 is 0.928. The lowest BCUT2D eigenvalue weighted by atomic mass is 9.94. The maximum Gasteiger partial charge on any atom is 0.238 e. The molecule has 4 nitrogen and oxygen atoms in total. The molecule has 0 radical (unpaired) electrons. The molecule has 0 atom stereocenters. The van der Waals surface area contributed by atoms with Crippen molar-refractivity contribution in [3.8, 4) is 0 Å². The number of carbonyl (C=O) groups is 1. The number of nitrogens with zero attached hydrogens (tertiary/aromatic N) is 1. The molecule has 1 saturated heterocycles. The number of hydrogen-bond donors (Lipinski definition) is 2. The zero-order valence-corrected chi connectivity index (χ0v) is 14.2. The molecule has 1 heterocycles. The highest BCUT2D eigenvalue weighted by molar-refractivity contribution is 9.10. The first-order chi connectivity index (χ1) is 10.1. The number of rotatable bonds is 5. The Morgan fingerprint density at radius 1 is 1.43 bits per heavy atom. The topological polar surface area (TPSA) is 58.4 Å². The maximum atomic E-state index is 12.1. The molecule has 2 rings (SSSR count). The summed E-state index contributed by atoms with van der Waals surface area (Å²) in [6.45, 7) is 5.25. The van der Waals surface area contributed by atoms with Gasteiger partial charge in [0.2, 0.25) is 5.91 Å². The lowest BCUT2D eigenvalue weighted by molar-refractivity contribution is -0.117. The molecule has 1 aliphatic heterocycles. The first-order valence-corrected chi connectivity index (χ1v) is 8.36. The Morgan fingerprint density at radius 3 is 2.76 bits per heavy atom. The molecule has 1 amide bonds. The number of nitrogens with two attached hydrogens (primary N) is 1. The van der Waals surface area contributed by atoms with Crippen LogP contribution in [0.25, 0.3) is 0 Å². The number of likely N-dealkylation sites (tertiary alicyclic amines) is 1. The third-order valence-corrected chi connectivity index (χ3v) is 4.70. The average Bonchev–Trinajstić information content (AvgIpc) is 2.44. The number of nitrogens with one attached hydrogen (secondary N) is 1. The van der Waals surface area contributed by atoms with Crippen LogP contribution in [-0.4, -0.2) is 37.0 Å². The summed E-state index contributed by atoms with van der Waals surface area (Å²) in [5, 5.41) is 2.97. The second kappa shape index (κ2) is 7.92. The highest BCUT2D eigenvalue weighted by Crippen LogP contribution is 2.24. The van der Waals surface area contributed by atoms with E-state index in [9.17, 15) is 4.79 Å². The predicted octanol–water partition coefficient (Wildman–Crippen LogP) is 2.76. The molecule has 1 aromatic carbocycles. The Bertz CT molecular complexity index is 484. The van der Waals surface area contributed by atoms with Crippen LogP contribution in [0.5, 0.6) is 0 Å². The summed E-state index contributed by atoms with van der Waals surface area (Å²) in [5.41, 5.74) is 7.61. The smallest absolute Gasteiger partial charge is 0.238 e. The Balaban J connectivity index is 1.80. The molecule has 21 heavy (non-hydrogen) atoms. The van der Waals surface area contributed by atoms with Crippen molar-refractivity contribution in [2.75, 3.05) is 31.5 Å². The second-order valence-corrected chi connectivity index (χ2v) is 6.68. The van der Waals surface area contributed by atoms with Gasteiger partial charge in [-0.05, 0) is 85.4 Å². The van der Waals surface area contributed by atoms with E-state index in [1.54, 1.807) is 0 Å². The first-order valence-electron chi connectivity index (χ1n) is 7.57. The summed E-state index contributed by atoms with van der Waals surface area (Å²) in [6, 6.07) is 5.94. The zero-order valence-electron chi connectivity index (χ0n) is 12.6. The van der Waals surface area contributed by atoms with Crippen LogP contribution in [-0.2, 0) is 4.79 Å². The second-order valence-electron chi connectivity index (χ2n) is 5.83. The Hall–Kier alpha value is -0.910. The number of anilines is 1. The van der Waals surface area contributed by atoms with Gasteiger partial charge in [0.25, 0.3) is 0 Å². The van der Waals surface area contributed by atoms with Gasteiger partial charge in [0.1, 0.15) is 0 Å². The Morgan fingerprint density at radius 2 is 2.14 bits per heavy atom. The molecule has 0 saturated carbocycles. The number of piperidine rings is 1. The molecule has 0 aliphatic carbocycles. The van der Waals surface area contributed by atoms with E-state index in [1.807, 2.05) is 25.1 Å². The monoisotopic (exact) mass is 353 g/mol. The predicted molar refractivity (Wildman–Crippen MR) is 90.3 cm³/mol. The molecule has 0 aromatic heterocycles. The van der Waals surface area contributed by atoms with Gasteiger partial charge in [0.15, 0.2) is 0 Å². The summed E-state index contributed by atoms with van der Waals surface area (Å²) in [4.78, 5) is 14.4. The van der Waals surface area contributed by atoms with Crippen LogP contribution in [0.1, 0.15) is 24.8 Å². The quantitative estimate of drug-likeness (QED) is 0.855. The fraction of sp³-hybridized carbons (Fsp3) is 0.562. The van der Waals surface area contributed by atoms with E-state index in [0.717, 1.165) is 55.0 Å². The van der Waals surface area contributed by atoms with Crippen LogP contribution in [0, 0.1) is 12.8 Å². The van der Waals surface area contributed by atoms with Gasteiger partial charge in [-0.3, -0.25) is 9.69 Å². The highest BCUT2D eigenvalue weighted by Gasteiger charge is 2.20. The number of carbonyl (C=O) groups excluding carboxylic acids is 1.